The van der Waals surface area contributed by atoms with Crippen LogP contribution in [0.5, 0.6) is 0 Å². The molecule has 0 unspecified atom stereocenters. The van der Waals surface area contributed by atoms with Crippen molar-refractivity contribution in [3.8, 4) is 0 Å². The van der Waals surface area contributed by atoms with E-state index in [4.69, 9.17) is 4.74 Å². The molecular weight excluding hydrogens is 285 g/mol. The average Bonchev–Trinajstić information content (AvgIpc) is 2.16. The van der Waals surface area contributed by atoms with Gasteiger partial charge in [0, 0.05) is 13.7 Å². The van der Waals surface area contributed by atoms with Crippen LogP contribution in [-0.4, -0.2) is 41.9 Å². The van der Waals surface area contributed by atoms with Gasteiger partial charge in [0.1, 0.15) is 6.23 Å². The fourth-order valence-electron chi connectivity index (χ4n) is 1.51. The summed E-state index contributed by atoms with van der Waals surface area (Å²) in [4.78, 5) is 12.9. The third-order valence-corrected chi connectivity index (χ3v) is 3.38. The van der Waals surface area contributed by atoms with Crippen molar-refractivity contribution in [2.45, 2.75) is 23.0 Å². The zero-order valence-corrected chi connectivity index (χ0v) is 9.98. The Labute approximate surface area is 91.7 Å². The summed E-state index contributed by atoms with van der Waals surface area (Å²) in [5, 5.41) is 0. The van der Waals surface area contributed by atoms with Gasteiger partial charge in [-0.25, -0.2) is 4.79 Å². The van der Waals surface area contributed by atoms with Crippen LogP contribution in [0.4, 0.5) is 4.79 Å². The number of hydrogen-bond acceptors (Lipinski definition) is 3. The van der Waals surface area contributed by atoms with E-state index in [2.05, 4.69) is 27.3 Å². The second-order valence-corrected chi connectivity index (χ2v) is 4.55. The first-order valence-electron chi connectivity index (χ1n) is 4.22. The summed E-state index contributed by atoms with van der Waals surface area (Å²) in [5.41, 5.74) is 0. The van der Waals surface area contributed by atoms with Gasteiger partial charge in [-0.1, -0.05) is 22.6 Å². The first-order chi connectivity index (χ1) is 6.20. The lowest BCUT2D eigenvalue weighted by Gasteiger charge is -2.36. The monoisotopic (exact) mass is 299 g/mol. The van der Waals surface area contributed by atoms with Gasteiger partial charge < -0.3 is 9.47 Å². The zero-order chi connectivity index (χ0) is 9.84. The Morgan fingerprint density at radius 3 is 2.77 bits per heavy atom. The largest absolute Gasteiger partial charge is 0.453 e. The molecule has 1 heterocycles. The lowest BCUT2D eigenvalue weighted by atomic mass is 10.1. The summed E-state index contributed by atoms with van der Waals surface area (Å²) in [6.45, 7) is 0.727. The summed E-state index contributed by atoms with van der Waals surface area (Å²) in [7, 11) is 3.02. The zero-order valence-electron chi connectivity index (χ0n) is 7.83. The van der Waals surface area contributed by atoms with Crippen LogP contribution in [0.2, 0.25) is 0 Å². The van der Waals surface area contributed by atoms with Crippen LogP contribution in [0.3, 0.4) is 0 Å². The van der Waals surface area contributed by atoms with E-state index in [1.807, 2.05) is 0 Å². The lowest BCUT2D eigenvalue weighted by molar-refractivity contribution is -0.0379. The van der Waals surface area contributed by atoms with Crippen LogP contribution < -0.4 is 0 Å². The van der Waals surface area contributed by atoms with Crippen molar-refractivity contribution in [1.29, 1.82) is 0 Å². The number of rotatable bonds is 1. The highest BCUT2D eigenvalue weighted by Crippen LogP contribution is 2.25. The molecule has 2 atom stereocenters. The second kappa shape index (κ2) is 4.99. The SMILES string of the molecule is COC(=O)N1CCC[C@H](I)[C@H]1OC. The van der Waals surface area contributed by atoms with Gasteiger partial charge in [-0.3, -0.25) is 4.90 Å². The Morgan fingerprint density at radius 2 is 2.23 bits per heavy atom. The lowest BCUT2D eigenvalue weighted by Crippen LogP contribution is -2.49. The van der Waals surface area contributed by atoms with E-state index in [-0.39, 0.29) is 12.3 Å². The minimum Gasteiger partial charge on any atom is -0.453 e. The van der Waals surface area contributed by atoms with Gasteiger partial charge in [-0.15, -0.1) is 0 Å². The van der Waals surface area contributed by atoms with E-state index in [0.29, 0.717) is 3.92 Å². The number of nitrogens with zero attached hydrogens (tertiary/aromatic N) is 1. The fourth-order valence-corrected chi connectivity index (χ4v) is 2.63. The maximum absolute atomic E-state index is 11.3. The smallest absolute Gasteiger partial charge is 0.411 e. The Morgan fingerprint density at radius 1 is 1.54 bits per heavy atom. The van der Waals surface area contributed by atoms with Crippen molar-refractivity contribution in [1.82, 2.24) is 4.90 Å². The molecule has 0 spiro atoms. The number of methoxy groups -OCH3 is 2. The molecule has 1 rings (SSSR count). The highest BCUT2D eigenvalue weighted by Gasteiger charge is 2.33. The van der Waals surface area contributed by atoms with Gasteiger partial charge in [-0.05, 0) is 12.8 Å². The van der Waals surface area contributed by atoms with Crippen LogP contribution in [0.15, 0.2) is 0 Å². The maximum Gasteiger partial charge on any atom is 0.411 e. The van der Waals surface area contributed by atoms with Gasteiger partial charge in [0.2, 0.25) is 0 Å². The van der Waals surface area contributed by atoms with E-state index < -0.39 is 0 Å². The van der Waals surface area contributed by atoms with E-state index >= 15 is 0 Å². The van der Waals surface area contributed by atoms with Crippen molar-refractivity contribution in [2.24, 2.45) is 0 Å². The molecule has 1 saturated heterocycles. The quantitative estimate of drug-likeness (QED) is 0.545. The average molecular weight is 299 g/mol. The van der Waals surface area contributed by atoms with Crippen molar-refractivity contribution < 1.29 is 14.3 Å². The molecule has 4 nitrogen and oxygen atoms in total. The number of likely N-dealkylation sites (tertiary alicyclic amines) is 1. The van der Waals surface area contributed by atoms with E-state index in [1.54, 1.807) is 12.0 Å². The predicted molar refractivity (Wildman–Crippen MR) is 57.0 cm³/mol. The molecule has 0 aromatic rings. The number of hydrogen-bond donors (Lipinski definition) is 0. The van der Waals surface area contributed by atoms with Gasteiger partial charge >= 0.3 is 6.09 Å². The molecule has 76 valence electrons. The Balaban J connectivity index is 2.64. The minimum absolute atomic E-state index is 0.137. The molecule has 1 fully saturated rings. The minimum atomic E-state index is -0.298. The third kappa shape index (κ3) is 2.46. The van der Waals surface area contributed by atoms with Crippen LogP contribution in [0, 0.1) is 0 Å². The molecule has 0 aliphatic carbocycles. The van der Waals surface area contributed by atoms with Crippen molar-refractivity contribution in [3.05, 3.63) is 0 Å². The molecule has 13 heavy (non-hydrogen) atoms. The molecule has 1 amide bonds. The van der Waals surface area contributed by atoms with Crippen molar-refractivity contribution >= 4 is 28.7 Å². The van der Waals surface area contributed by atoms with Crippen LogP contribution in [-0.2, 0) is 9.47 Å². The summed E-state index contributed by atoms with van der Waals surface area (Å²) in [6, 6.07) is 0. The highest BCUT2D eigenvalue weighted by molar-refractivity contribution is 14.1. The number of ether oxygens (including phenoxy) is 2. The molecular formula is C8H14INO3. The van der Waals surface area contributed by atoms with E-state index in [0.717, 1.165) is 19.4 Å². The van der Waals surface area contributed by atoms with Crippen molar-refractivity contribution in [3.63, 3.8) is 0 Å². The van der Waals surface area contributed by atoms with E-state index in [9.17, 15) is 4.79 Å². The molecule has 0 N–H and O–H groups in total. The Bertz CT molecular complexity index is 188. The standard InChI is InChI=1S/C8H14INO3/c1-12-7-6(9)4-3-5-10(7)8(11)13-2/h6-7H,3-5H2,1-2H3/t6-,7+/m0/s1. The molecule has 1 aliphatic heterocycles. The topological polar surface area (TPSA) is 38.8 Å². The summed E-state index contributed by atoms with van der Waals surface area (Å²) in [6.07, 6.45) is 1.67. The number of piperidine rings is 1. The fraction of sp³-hybridized carbons (Fsp3) is 0.875. The summed E-state index contributed by atoms with van der Waals surface area (Å²) >= 11 is 2.31. The molecule has 0 saturated carbocycles. The van der Waals surface area contributed by atoms with Gasteiger partial charge in [0.05, 0.1) is 11.0 Å². The molecule has 5 heteroatoms. The Kier molecular flexibility index (Phi) is 4.24. The molecule has 0 aromatic heterocycles. The molecule has 0 aromatic carbocycles. The molecule has 0 bridgehead atoms. The number of carbonyl (C=O) groups excluding carboxylic acids is 1. The highest BCUT2D eigenvalue weighted by atomic mass is 127. The van der Waals surface area contributed by atoms with Crippen molar-refractivity contribution in [2.75, 3.05) is 20.8 Å². The molecule has 0 radical (unpaired) electrons. The third-order valence-electron chi connectivity index (χ3n) is 2.15. The van der Waals surface area contributed by atoms with Gasteiger partial charge in [-0.2, -0.15) is 0 Å². The summed E-state index contributed by atoms with van der Waals surface area (Å²) < 4.78 is 10.3. The summed E-state index contributed by atoms with van der Waals surface area (Å²) in [5.74, 6) is 0. The van der Waals surface area contributed by atoms with E-state index in [1.165, 1.54) is 7.11 Å². The van der Waals surface area contributed by atoms with Crippen LogP contribution >= 0.6 is 22.6 Å². The number of halogens is 1. The van der Waals surface area contributed by atoms with Crippen LogP contribution in [0.1, 0.15) is 12.8 Å². The van der Waals surface area contributed by atoms with Gasteiger partial charge in [0.15, 0.2) is 0 Å². The normalized spacial score (nSPS) is 28.7. The second-order valence-electron chi connectivity index (χ2n) is 2.95. The Hall–Kier alpha value is -0.0400. The molecule has 1 aliphatic rings. The van der Waals surface area contributed by atoms with Crippen LogP contribution in [0.25, 0.3) is 0 Å². The maximum atomic E-state index is 11.3. The first kappa shape index (κ1) is 11.0. The number of alkyl halides is 1. The number of amides is 1. The number of carbonyl (C=O) groups is 1. The predicted octanol–water partition coefficient (Wildman–Crippen LogP) is 1.62. The first-order valence-corrected chi connectivity index (χ1v) is 5.46. The van der Waals surface area contributed by atoms with Gasteiger partial charge in [0.25, 0.3) is 0 Å².